The highest BCUT2D eigenvalue weighted by Gasteiger charge is 2.20. The van der Waals surface area contributed by atoms with Crippen LogP contribution in [0.3, 0.4) is 0 Å². The van der Waals surface area contributed by atoms with Crippen molar-refractivity contribution in [3.63, 3.8) is 0 Å². The number of carbonyl (C=O) groups excluding carboxylic acids is 1. The van der Waals surface area contributed by atoms with Gasteiger partial charge in [0, 0.05) is 32.2 Å². The third kappa shape index (κ3) is 3.97. The van der Waals surface area contributed by atoms with Crippen LogP contribution in [0.1, 0.15) is 23.3 Å². The molecule has 0 radical (unpaired) electrons. The SMILES string of the molecule is NCCN1CCC(NC(=O)c2ccc(F)cn2)CC1. The molecule has 6 heteroatoms. The third-order valence-electron chi connectivity index (χ3n) is 3.33. The summed E-state index contributed by atoms with van der Waals surface area (Å²) in [7, 11) is 0. The number of hydrogen-bond donors (Lipinski definition) is 2. The normalized spacial score (nSPS) is 17.4. The first kappa shape index (κ1) is 13.9. The number of likely N-dealkylation sites (tertiary alicyclic amines) is 1. The van der Waals surface area contributed by atoms with Gasteiger partial charge in [-0.05, 0) is 25.0 Å². The molecule has 0 atom stereocenters. The lowest BCUT2D eigenvalue weighted by molar-refractivity contribution is 0.0907. The maximum Gasteiger partial charge on any atom is 0.270 e. The highest BCUT2D eigenvalue weighted by atomic mass is 19.1. The fourth-order valence-corrected chi connectivity index (χ4v) is 2.25. The first-order valence-corrected chi connectivity index (χ1v) is 6.54. The molecule has 1 saturated heterocycles. The number of aromatic nitrogens is 1. The molecular formula is C13H19FN4O. The van der Waals surface area contributed by atoms with Gasteiger partial charge in [-0.2, -0.15) is 0 Å². The molecule has 0 saturated carbocycles. The van der Waals surface area contributed by atoms with Crippen LogP contribution in [0.15, 0.2) is 18.3 Å². The van der Waals surface area contributed by atoms with Crippen molar-refractivity contribution in [2.45, 2.75) is 18.9 Å². The van der Waals surface area contributed by atoms with E-state index in [1.54, 1.807) is 0 Å². The van der Waals surface area contributed by atoms with Gasteiger partial charge in [0.2, 0.25) is 0 Å². The minimum atomic E-state index is -0.438. The van der Waals surface area contributed by atoms with Crippen molar-refractivity contribution >= 4 is 5.91 Å². The highest BCUT2D eigenvalue weighted by Crippen LogP contribution is 2.10. The van der Waals surface area contributed by atoms with Gasteiger partial charge >= 0.3 is 0 Å². The Bertz CT molecular complexity index is 415. The maximum absolute atomic E-state index is 12.7. The van der Waals surface area contributed by atoms with Crippen LogP contribution in [0.2, 0.25) is 0 Å². The van der Waals surface area contributed by atoms with E-state index in [0.717, 1.165) is 38.7 Å². The summed E-state index contributed by atoms with van der Waals surface area (Å²) in [5.74, 6) is -0.677. The summed E-state index contributed by atoms with van der Waals surface area (Å²) in [6.45, 7) is 3.45. The molecule has 0 aromatic carbocycles. The van der Waals surface area contributed by atoms with E-state index in [-0.39, 0.29) is 17.6 Å². The molecule has 3 N–H and O–H groups in total. The first-order chi connectivity index (χ1) is 9.19. The molecule has 0 aliphatic carbocycles. The van der Waals surface area contributed by atoms with E-state index in [4.69, 9.17) is 5.73 Å². The zero-order valence-corrected chi connectivity index (χ0v) is 10.8. The van der Waals surface area contributed by atoms with Crippen LogP contribution < -0.4 is 11.1 Å². The van der Waals surface area contributed by atoms with E-state index in [1.807, 2.05) is 0 Å². The molecule has 2 rings (SSSR count). The summed E-state index contributed by atoms with van der Waals surface area (Å²) in [5, 5.41) is 2.94. The Hall–Kier alpha value is -1.53. The Balaban J connectivity index is 1.82. The van der Waals surface area contributed by atoms with Crippen LogP contribution in [-0.4, -0.2) is 48.0 Å². The monoisotopic (exact) mass is 266 g/mol. The number of halogens is 1. The predicted molar refractivity (Wildman–Crippen MR) is 70.2 cm³/mol. The maximum atomic E-state index is 12.7. The standard InChI is InChI=1S/C13H19FN4O/c14-10-1-2-12(16-9-10)13(19)17-11-3-6-18(7-4-11)8-5-15/h1-2,9,11H,3-8,15H2,(H,17,19). The van der Waals surface area contributed by atoms with Crippen molar-refractivity contribution in [3.8, 4) is 0 Å². The van der Waals surface area contributed by atoms with E-state index < -0.39 is 5.82 Å². The molecule has 0 unspecified atom stereocenters. The summed E-state index contributed by atoms with van der Waals surface area (Å²) < 4.78 is 12.7. The van der Waals surface area contributed by atoms with Gasteiger partial charge in [-0.3, -0.25) is 4.79 Å². The zero-order chi connectivity index (χ0) is 13.7. The van der Waals surface area contributed by atoms with Crippen LogP contribution in [0.4, 0.5) is 4.39 Å². The number of carbonyl (C=O) groups is 1. The average Bonchev–Trinajstić information content (AvgIpc) is 2.42. The second-order valence-electron chi connectivity index (χ2n) is 4.74. The first-order valence-electron chi connectivity index (χ1n) is 6.54. The Morgan fingerprint density at radius 1 is 1.47 bits per heavy atom. The van der Waals surface area contributed by atoms with Gasteiger partial charge in [-0.25, -0.2) is 9.37 Å². The Morgan fingerprint density at radius 3 is 2.79 bits per heavy atom. The van der Waals surface area contributed by atoms with E-state index in [0.29, 0.717) is 6.54 Å². The van der Waals surface area contributed by atoms with Crippen molar-refractivity contribution in [1.82, 2.24) is 15.2 Å². The Morgan fingerprint density at radius 2 is 2.21 bits per heavy atom. The fourth-order valence-electron chi connectivity index (χ4n) is 2.25. The molecule has 0 bridgehead atoms. The Kier molecular flexibility index (Phi) is 4.81. The van der Waals surface area contributed by atoms with Gasteiger partial charge in [0.25, 0.3) is 5.91 Å². The Labute approximate surface area is 112 Å². The number of amides is 1. The molecule has 1 aromatic heterocycles. The topological polar surface area (TPSA) is 71.2 Å². The summed E-state index contributed by atoms with van der Waals surface area (Å²) in [6, 6.07) is 2.80. The average molecular weight is 266 g/mol. The number of nitrogens with two attached hydrogens (primary N) is 1. The van der Waals surface area contributed by atoms with Crippen molar-refractivity contribution in [2.75, 3.05) is 26.2 Å². The quantitative estimate of drug-likeness (QED) is 0.826. The number of nitrogens with one attached hydrogen (secondary N) is 1. The van der Waals surface area contributed by atoms with Gasteiger partial charge in [-0.1, -0.05) is 0 Å². The van der Waals surface area contributed by atoms with Gasteiger partial charge in [0.15, 0.2) is 0 Å². The van der Waals surface area contributed by atoms with Gasteiger partial charge in [0.05, 0.1) is 6.20 Å². The molecule has 1 aliphatic heterocycles. The van der Waals surface area contributed by atoms with E-state index in [9.17, 15) is 9.18 Å². The lowest BCUT2D eigenvalue weighted by Crippen LogP contribution is -2.45. The van der Waals surface area contributed by atoms with Crippen molar-refractivity contribution < 1.29 is 9.18 Å². The highest BCUT2D eigenvalue weighted by molar-refractivity contribution is 5.92. The molecule has 2 heterocycles. The van der Waals surface area contributed by atoms with Crippen LogP contribution in [-0.2, 0) is 0 Å². The minimum absolute atomic E-state index is 0.161. The smallest absolute Gasteiger partial charge is 0.270 e. The summed E-state index contributed by atoms with van der Waals surface area (Å²) >= 11 is 0. The summed E-state index contributed by atoms with van der Waals surface area (Å²) in [4.78, 5) is 18.0. The number of piperidine rings is 1. The fraction of sp³-hybridized carbons (Fsp3) is 0.538. The minimum Gasteiger partial charge on any atom is -0.348 e. The van der Waals surface area contributed by atoms with E-state index in [2.05, 4.69) is 15.2 Å². The van der Waals surface area contributed by atoms with E-state index >= 15 is 0 Å². The number of pyridine rings is 1. The number of hydrogen-bond acceptors (Lipinski definition) is 4. The van der Waals surface area contributed by atoms with Gasteiger partial charge < -0.3 is 16.0 Å². The number of rotatable bonds is 4. The van der Waals surface area contributed by atoms with Crippen LogP contribution in [0, 0.1) is 5.82 Å². The van der Waals surface area contributed by atoms with Crippen LogP contribution in [0.25, 0.3) is 0 Å². The molecule has 104 valence electrons. The van der Waals surface area contributed by atoms with Crippen LogP contribution in [0.5, 0.6) is 0 Å². The molecule has 1 aromatic rings. The molecule has 0 spiro atoms. The van der Waals surface area contributed by atoms with Crippen molar-refractivity contribution in [3.05, 3.63) is 29.8 Å². The van der Waals surface area contributed by atoms with E-state index in [1.165, 1.54) is 12.1 Å². The predicted octanol–water partition coefficient (Wildman–Crippen LogP) is 0.374. The molecule has 1 fully saturated rings. The molecule has 19 heavy (non-hydrogen) atoms. The van der Waals surface area contributed by atoms with Gasteiger partial charge in [-0.15, -0.1) is 0 Å². The number of nitrogens with zero attached hydrogens (tertiary/aromatic N) is 2. The van der Waals surface area contributed by atoms with Crippen molar-refractivity contribution in [2.24, 2.45) is 5.73 Å². The zero-order valence-electron chi connectivity index (χ0n) is 10.8. The third-order valence-corrected chi connectivity index (χ3v) is 3.33. The summed E-state index contributed by atoms with van der Waals surface area (Å²) in [5.41, 5.74) is 5.77. The van der Waals surface area contributed by atoms with Crippen molar-refractivity contribution in [1.29, 1.82) is 0 Å². The molecule has 1 amide bonds. The largest absolute Gasteiger partial charge is 0.348 e. The second kappa shape index (κ2) is 6.58. The lowest BCUT2D eigenvalue weighted by atomic mass is 10.0. The van der Waals surface area contributed by atoms with Gasteiger partial charge in [0.1, 0.15) is 11.5 Å². The molecule has 1 aliphatic rings. The second-order valence-corrected chi connectivity index (χ2v) is 4.74. The lowest BCUT2D eigenvalue weighted by Gasteiger charge is -2.31. The van der Waals surface area contributed by atoms with Crippen LogP contribution >= 0.6 is 0 Å². The molecular weight excluding hydrogens is 247 g/mol. The summed E-state index contributed by atoms with van der Waals surface area (Å²) in [6.07, 6.45) is 2.87. The molecule has 5 nitrogen and oxygen atoms in total.